The summed E-state index contributed by atoms with van der Waals surface area (Å²) in [5.74, 6) is 0.385. The van der Waals surface area contributed by atoms with Gasteiger partial charge < -0.3 is 14.4 Å². The van der Waals surface area contributed by atoms with Gasteiger partial charge in [0.25, 0.3) is 0 Å². The Morgan fingerprint density at radius 1 is 1.26 bits per heavy atom. The molecule has 0 N–H and O–H groups in total. The third kappa shape index (κ3) is 6.32. The molecule has 182 valence electrons. The molecule has 0 spiro atoms. The van der Waals surface area contributed by atoms with Crippen LogP contribution in [0.1, 0.15) is 27.7 Å². The number of methoxy groups -OCH3 is 1. The fourth-order valence-electron chi connectivity index (χ4n) is 3.44. The number of carbonyl (C=O) groups is 1. The maximum Gasteiger partial charge on any atom is 0.411 e. The van der Waals surface area contributed by atoms with Gasteiger partial charge in [0.2, 0.25) is 0 Å². The van der Waals surface area contributed by atoms with Crippen LogP contribution >= 0.6 is 11.8 Å². The Hall–Kier alpha value is -3.00. The van der Waals surface area contributed by atoms with Crippen molar-refractivity contribution < 1.29 is 18.7 Å². The molecule has 2 aliphatic heterocycles. The highest BCUT2D eigenvalue weighted by Crippen LogP contribution is 2.33. The number of thioether (sulfide) groups is 1. The van der Waals surface area contributed by atoms with E-state index in [9.17, 15) is 4.79 Å². The number of allylic oxidation sites excluding steroid dienone is 8. The number of hydrogen-bond acceptors (Lipinski definition) is 6. The van der Waals surface area contributed by atoms with Crippen molar-refractivity contribution in [3.05, 3.63) is 83.2 Å². The third-order valence-electron chi connectivity index (χ3n) is 5.21. The van der Waals surface area contributed by atoms with Crippen LogP contribution in [0, 0.1) is 0 Å². The third-order valence-corrected chi connectivity index (χ3v) is 6.33. The van der Waals surface area contributed by atoms with Crippen LogP contribution in [0.4, 0.5) is 9.18 Å². The molecule has 1 aliphatic carbocycles. The lowest BCUT2D eigenvalue weighted by molar-refractivity contribution is 0.0113. The first-order valence-electron chi connectivity index (χ1n) is 11.0. The smallest absolute Gasteiger partial charge is 0.411 e. The number of nitrogens with zero attached hydrogens (tertiary/aromatic N) is 3. The number of halogens is 1. The first-order chi connectivity index (χ1) is 16.0. The van der Waals surface area contributed by atoms with E-state index in [4.69, 9.17) is 9.47 Å². The van der Waals surface area contributed by atoms with Gasteiger partial charge >= 0.3 is 6.09 Å². The maximum atomic E-state index is 15.1. The van der Waals surface area contributed by atoms with Crippen molar-refractivity contribution >= 4 is 22.9 Å². The fourth-order valence-corrected chi connectivity index (χ4v) is 4.41. The van der Waals surface area contributed by atoms with Gasteiger partial charge in [-0.2, -0.15) is 4.39 Å². The predicted octanol–water partition coefficient (Wildman–Crippen LogP) is 5.86. The Morgan fingerprint density at radius 2 is 2.00 bits per heavy atom. The minimum absolute atomic E-state index is 0.154. The van der Waals surface area contributed by atoms with Crippen LogP contribution in [0.5, 0.6) is 0 Å². The van der Waals surface area contributed by atoms with Crippen LogP contribution in [0.2, 0.25) is 0 Å². The van der Waals surface area contributed by atoms with Gasteiger partial charge in [-0.05, 0) is 64.2 Å². The van der Waals surface area contributed by atoms with E-state index in [2.05, 4.69) is 11.1 Å². The zero-order chi connectivity index (χ0) is 25.0. The van der Waals surface area contributed by atoms with Crippen LogP contribution in [0.15, 0.2) is 88.2 Å². The van der Waals surface area contributed by atoms with E-state index in [0.29, 0.717) is 5.57 Å². The van der Waals surface area contributed by atoms with Crippen LogP contribution in [-0.2, 0) is 9.47 Å². The number of ether oxygens (including phenoxy) is 2. The molecule has 0 aromatic carbocycles. The number of amides is 1. The average Bonchev–Trinajstić information content (AvgIpc) is 3.06. The number of aliphatic imine (C=N–C) groups is 1. The quantitative estimate of drug-likeness (QED) is 0.361. The summed E-state index contributed by atoms with van der Waals surface area (Å²) in [6.45, 7) is 7.30. The van der Waals surface area contributed by atoms with Gasteiger partial charge in [0.1, 0.15) is 17.5 Å². The monoisotopic (exact) mass is 485 g/mol. The van der Waals surface area contributed by atoms with Gasteiger partial charge in [0.05, 0.1) is 23.1 Å². The Morgan fingerprint density at radius 3 is 2.68 bits per heavy atom. The molecular formula is C26H32FN3O3S. The summed E-state index contributed by atoms with van der Waals surface area (Å²) >= 11 is 1.65. The average molecular weight is 486 g/mol. The van der Waals surface area contributed by atoms with Crippen molar-refractivity contribution in [1.29, 1.82) is 0 Å². The number of rotatable bonds is 5. The largest absolute Gasteiger partial charge is 0.497 e. The zero-order valence-corrected chi connectivity index (χ0v) is 21.5. The first kappa shape index (κ1) is 25.6. The summed E-state index contributed by atoms with van der Waals surface area (Å²) in [5.41, 5.74) is 1.67. The molecule has 34 heavy (non-hydrogen) atoms. The lowest BCUT2D eigenvalue weighted by Gasteiger charge is -2.36. The van der Waals surface area contributed by atoms with Crippen LogP contribution < -0.4 is 0 Å². The summed E-state index contributed by atoms with van der Waals surface area (Å²) < 4.78 is 25.8. The number of carbonyl (C=O) groups excluding carboxylic acids is 1. The molecule has 3 rings (SSSR count). The molecule has 2 atom stereocenters. The van der Waals surface area contributed by atoms with Gasteiger partial charge in [-0.1, -0.05) is 35.6 Å². The molecule has 0 saturated heterocycles. The van der Waals surface area contributed by atoms with Gasteiger partial charge in [-0.25, -0.2) is 9.79 Å². The molecule has 1 amide bonds. The van der Waals surface area contributed by atoms with Crippen molar-refractivity contribution in [2.45, 2.75) is 44.7 Å². The predicted molar refractivity (Wildman–Crippen MR) is 137 cm³/mol. The molecule has 0 saturated carbocycles. The van der Waals surface area contributed by atoms with Crippen molar-refractivity contribution in [3.8, 4) is 0 Å². The Balaban J connectivity index is 1.68. The van der Waals surface area contributed by atoms with E-state index in [0.717, 1.165) is 22.1 Å². The fraction of sp³-hybridized carbons (Fsp3) is 0.385. The molecule has 2 unspecified atom stereocenters. The normalized spacial score (nSPS) is 22.9. The van der Waals surface area contributed by atoms with E-state index in [-0.39, 0.29) is 5.25 Å². The van der Waals surface area contributed by atoms with Crippen molar-refractivity contribution in [3.63, 3.8) is 0 Å². The lowest BCUT2D eigenvalue weighted by Crippen LogP contribution is -2.48. The second kappa shape index (κ2) is 10.5. The van der Waals surface area contributed by atoms with Gasteiger partial charge in [-0.3, -0.25) is 4.90 Å². The minimum atomic E-state index is -0.622. The van der Waals surface area contributed by atoms with Gasteiger partial charge in [-0.15, -0.1) is 0 Å². The summed E-state index contributed by atoms with van der Waals surface area (Å²) in [6.07, 6.45) is 15.9. The highest BCUT2D eigenvalue weighted by molar-refractivity contribution is 8.15. The van der Waals surface area contributed by atoms with E-state index < -0.39 is 23.8 Å². The van der Waals surface area contributed by atoms with Crippen molar-refractivity contribution in [1.82, 2.24) is 9.80 Å². The van der Waals surface area contributed by atoms with Crippen LogP contribution in [-0.4, -0.2) is 59.2 Å². The molecule has 0 bridgehead atoms. The summed E-state index contributed by atoms with van der Waals surface area (Å²) in [5, 5.41) is 1.05. The van der Waals surface area contributed by atoms with E-state index in [1.165, 1.54) is 9.80 Å². The summed E-state index contributed by atoms with van der Waals surface area (Å²) in [7, 11) is 4.85. The van der Waals surface area contributed by atoms with Crippen molar-refractivity contribution in [2.24, 2.45) is 4.99 Å². The summed E-state index contributed by atoms with van der Waals surface area (Å²) in [6, 6.07) is 0. The van der Waals surface area contributed by atoms with Crippen molar-refractivity contribution in [2.75, 3.05) is 21.2 Å². The second-order valence-electron chi connectivity index (χ2n) is 9.16. The number of hydrogen-bond donors (Lipinski definition) is 0. The Bertz CT molecular complexity index is 1070. The lowest BCUT2D eigenvalue weighted by atomic mass is 10.1. The number of fused-ring (bicyclic) bond motifs is 1. The molecule has 0 radical (unpaired) electrons. The maximum absolute atomic E-state index is 15.1. The number of likely N-dealkylation sites (N-methyl/N-ethyl adjacent to an activating group) is 2. The molecular weight excluding hydrogens is 453 g/mol. The molecule has 0 aromatic heterocycles. The second-order valence-corrected chi connectivity index (χ2v) is 10.3. The van der Waals surface area contributed by atoms with Crippen LogP contribution in [0.25, 0.3) is 0 Å². The highest BCUT2D eigenvalue weighted by atomic mass is 32.2. The Labute approximate surface area is 205 Å². The van der Waals surface area contributed by atoms with E-state index in [1.807, 2.05) is 37.3 Å². The molecule has 3 aliphatic rings. The van der Waals surface area contributed by atoms with Gasteiger partial charge in [0.15, 0.2) is 5.95 Å². The first-order valence-corrected chi connectivity index (χ1v) is 11.9. The molecule has 6 nitrogen and oxygen atoms in total. The summed E-state index contributed by atoms with van der Waals surface area (Å²) in [4.78, 5) is 19.8. The molecule has 0 fully saturated rings. The SMILES string of the molecule is COC1=CC=C2N=C(/C=C/C(C)=C/C3=C(F)N(C)C(N(C)C(=O)OC(C)(C)C)C=C3)SC2C=C1. The standard InChI is InChI=1S/C26H32FN3O3S/c1-17(8-14-22-28-20-12-10-19(32-7)11-13-21(20)34-22)16-18-9-15-23(29(5)24(18)27)30(6)25(31)33-26(2,3)4/h8-16,21,23H,1-7H3/b14-8+,17-16+. The molecule has 0 aromatic rings. The van der Waals surface area contributed by atoms with Gasteiger partial charge in [0, 0.05) is 19.7 Å². The minimum Gasteiger partial charge on any atom is -0.497 e. The van der Waals surface area contributed by atoms with E-state index >= 15 is 4.39 Å². The van der Waals surface area contributed by atoms with E-state index in [1.54, 1.807) is 72.0 Å². The zero-order valence-electron chi connectivity index (χ0n) is 20.7. The Kier molecular flexibility index (Phi) is 7.92. The van der Waals surface area contributed by atoms with Crippen LogP contribution in [0.3, 0.4) is 0 Å². The topological polar surface area (TPSA) is 54.4 Å². The molecule has 2 heterocycles. The molecule has 8 heteroatoms. The highest BCUT2D eigenvalue weighted by Gasteiger charge is 2.30.